The number of amides is 1. The lowest BCUT2D eigenvalue weighted by Gasteiger charge is -2.05. The smallest absolute Gasteiger partial charge is 0.251 e. The number of anilines is 1. The van der Waals surface area contributed by atoms with Crippen molar-refractivity contribution in [3.8, 4) is 22.1 Å². The van der Waals surface area contributed by atoms with Crippen LogP contribution in [0.4, 0.5) is 5.82 Å². The van der Waals surface area contributed by atoms with Crippen LogP contribution in [0.2, 0.25) is 0 Å². The second kappa shape index (κ2) is 7.45. The number of aryl methyl sites for hydroxylation is 1. The highest BCUT2D eigenvalue weighted by atomic mass is 32.1. The van der Waals surface area contributed by atoms with Gasteiger partial charge in [0.05, 0.1) is 18.5 Å². The summed E-state index contributed by atoms with van der Waals surface area (Å²) >= 11 is 1.45. The summed E-state index contributed by atoms with van der Waals surface area (Å²) in [6.45, 7) is 1.85. The zero-order chi connectivity index (χ0) is 17.8. The van der Waals surface area contributed by atoms with Crippen LogP contribution < -0.4 is 10.1 Å². The maximum absolute atomic E-state index is 11.8. The Morgan fingerprint density at radius 3 is 2.72 bits per heavy atom. The SMILES string of the molecule is COCC(=O)Nc1cc(C)nn1-c1nc(-c2ccc(OC)cc2)cs1. The Kier molecular flexibility index (Phi) is 5.11. The first-order valence-corrected chi connectivity index (χ1v) is 8.44. The molecular formula is C17H18N4O3S. The van der Waals surface area contributed by atoms with Crippen molar-refractivity contribution in [2.75, 3.05) is 26.1 Å². The van der Waals surface area contributed by atoms with E-state index in [4.69, 9.17) is 9.47 Å². The number of carbonyl (C=O) groups excluding carboxylic acids is 1. The Morgan fingerprint density at radius 1 is 1.28 bits per heavy atom. The van der Waals surface area contributed by atoms with Gasteiger partial charge in [-0.05, 0) is 31.2 Å². The van der Waals surface area contributed by atoms with E-state index < -0.39 is 0 Å². The number of methoxy groups -OCH3 is 2. The number of thiazole rings is 1. The van der Waals surface area contributed by atoms with Crippen LogP contribution in [0.5, 0.6) is 5.75 Å². The lowest BCUT2D eigenvalue weighted by atomic mass is 10.2. The molecule has 0 fully saturated rings. The third-order valence-electron chi connectivity index (χ3n) is 3.43. The molecule has 2 heterocycles. The maximum atomic E-state index is 11.8. The molecule has 0 radical (unpaired) electrons. The molecule has 3 rings (SSSR count). The summed E-state index contributed by atoms with van der Waals surface area (Å²) in [7, 11) is 3.11. The molecule has 0 spiro atoms. The summed E-state index contributed by atoms with van der Waals surface area (Å²) in [6, 6.07) is 9.48. The lowest BCUT2D eigenvalue weighted by Crippen LogP contribution is -2.19. The van der Waals surface area contributed by atoms with E-state index in [1.807, 2.05) is 36.6 Å². The highest BCUT2D eigenvalue weighted by Gasteiger charge is 2.14. The van der Waals surface area contributed by atoms with Gasteiger partial charge >= 0.3 is 0 Å². The molecule has 2 aromatic heterocycles. The fourth-order valence-electron chi connectivity index (χ4n) is 2.30. The number of carbonyl (C=O) groups is 1. The zero-order valence-corrected chi connectivity index (χ0v) is 15.0. The van der Waals surface area contributed by atoms with E-state index in [0.29, 0.717) is 10.9 Å². The first-order chi connectivity index (χ1) is 12.1. The summed E-state index contributed by atoms with van der Waals surface area (Å²) in [5, 5.41) is 9.83. The van der Waals surface area contributed by atoms with Crippen LogP contribution >= 0.6 is 11.3 Å². The molecule has 1 N–H and O–H groups in total. The molecule has 0 bridgehead atoms. The Labute approximate surface area is 149 Å². The molecule has 130 valence electrons. The van der Waals surface area contributed by atoms with Crippen LogP contribution in [0.3, 0.4) is 0 Å². The number of aromatic nitrogens is 3. The molecule has 0 aliphatic rings. The molecule has 8 heteroatoms. The van der Waals surface area contributed by atoms with E-state index in [0.717, 1.165) is 22.7 Å². The van der Waals surface area contributed by atoms with Crippen LogP contribution in [-0.2, 0) is 9.53 Å². The van der Waals surface area contributed by atoms with Gasteiger partial charge in [0.15, 0.2) is 0 Å². The van der Waals surface area contributed by atoms with Gasteiger partial charge in [0.1, 0.15) is 18.2 Å². The minimum absolute atomic E-state index is 0.0147. The predicted molar refractivity (Wildman–Crippen MR) is 96.5 cm³/mol. The van der Waals surface area contributed by atoms with E-state index in [2.05, 4.69) is 15.4 Å². The zero-order valence-electron chi connectivity index (χ0n) is 14.1. The fraction of sp³-hybridized carbons (Fsp3) is 0.235. The van der Waals surface area contributed by atoms with Gasteiger partial charge in [0, 0.05) is 24.1 Å². The Balaban J connectivity index is 1.87. The number of hydrogen-bond donors (Lipinski definition) is 1. The van der Waals surface area contributed by atoms with Gasteiger partial charge in [0.25, 0.3) is 5.91 Å². The van der Waals surface area contributed by atoms with Crippen molar-refractivity contribution in [3.63, 3.8) is 0 Å². The average molecular weight is 358 g/mol. The molecule has 0 aliphatic heterocycles. The molecule has 1 aromatic carbocycles. The van der Waals surface area contributed by atoms with Crippen molar-refractivity contribution in [1.82, 2.24) is 14.8 Å². The van der Waals surface area contributed by atoms with Crippen molar-refractivity contribution in [2.24, 2.45) is 0 Å². The minimum atomic E-state index is -0.240. The molecular weight excluding hydrogens is 340 g/mol. The van der Waals surface area contributed by atoms with Crippen LogP contribution in [0.1, 0.15) is 5.69 Å². The minimum Gasteiger partial charge on any atom is -0.497 e. The number of ether oxygens (including phenoxy) is 2. The second-order valence-electron chi connectivity index (χ2n) is 5.31. The molecule has 25 heavy (non-hydrogen) atoms. The van der Waals surface area contributed by atoms with E-state index in [-0.39, 0.29) is 12.5 Å². The van der Waals surface area contributed by atoms with Crippen molar-refractivity contribution in [3.05, 3.63) is 41.4 Å². The third-order valence-corrected chi connectivity index (χ3v) is 4.25. The summed E-state index contributed by atoms with van der Waals surface area (Å²) in [4.78, 5) is 16.4. The average Bonchev–Trinajstić information content (AvgIpc) is 3.22. The highest BCUT2D eigenvalue weighted by molar-refractivity contribution is 7.12. The Hall–Kier alpha value is -2.71. The Morgan fingerprint density at radius 2 is 2.04 bits per heavy atom. The van der Waals surface area contributed by atoms with Gasteiger partial charge in [-0.1, -0.05) is 0 Å². The van der Waals surface area contributed by atoms with E-state index in [1.165, 1.54) is 18.4 Å². The van der Waals surface area contributed by atoms with Gasteiger partial charge in [-0.2, -0.15) is 9.78 Å². The van der Waals surface area contributed by atoms with Gasteiger partial charge in [-0.3, -0.25) is 4.79 Å². The van der Waals surface area contributed by atoms with Gasteiger partial charge in [0.2, 0.25) is 5.13 Å². The molecule has 0 atom stereocenters. The molecule has 0 saturated heterocycles. The van der Waals surface area contributed by atoms with E-state index >= 15 is 0 Å². The standard InChI is InChI=1S/C17H18N4O3S/c1-11-8-15(19-16(22)9-23-2)21(20-11)17-18-14(10-25-17)12-4-6-13(24-3)7-5-12/h4-8,10H,9H2,1-3H3,(H,19,22). The normalized spacial score (nSPS) is 10.7. The molecule has 0 unspecified atom stereocenters. The van der Waals surface area contributed by atoms with Crippen molar-refractivity contribution in [1.29, 1.82) is 0 Å². The highest BCUT2D eigenvalue weighted by Crippen LogP contribution is 2.27. The first-order valence-electron chi connectivity index (χ1n) is 7.56. The lowest BCUT2D eigenvalue weighted by molar-refractivity contribution is -0.119. The predicted octanol–water partition coefficient (Wildman–Crippen LogP) is 2.90. The summed E-state index contributed by atoms with van der Waals surface area (Å²) < 4.78 is 11.6. The van der Waals surface area contributed by atoms with E-state index in [9.17, 15) is 4.79 Å². The number of nitrogens with one attached hydrogen (secondary N) is 1. The maximum Gasteiger partial charge on any atom is 0.251 e. The molecule has 0 saturated carbocycles. The molecule has 1 amide bonds. The second-order valence-corrected chi connectivity index (χ2v) is 6.14. The van der Waals surface area contributed by atoms with E-state index in [1.54, 1.807) is 17.9 Å². The topological polar surface area (TPSA) is 78.3 Å². The third kappa shape index (κ3) is 3.86. The van der Waals surface area contributed by atoms with Crippen LogP contribution in [-0.4, -0.2) is 41.5 Å². The number of hydrogen-bond acceptors (Lipinski definition) is 6. The van der Waals surface area contributed by atoms with Gasteiger partial charge in [-0.25, -0.2) is 4.98 Å². The van der Waals surface area contributed by atoms with Gasteiger partial charge < -0.3 is 14.8 Å². The molecule has 7 nitrogen and oxygen atoms in total. The Bertz CT molecular complexity index is 870. The van der Waals surface area contributed by atoms with Crippen LogP contribution in [0.15, 0.2) is 35.7 Å². The monoisotopic (exact) mass is 358 g/mol. The number of rotatable bonds is 6. The molecule has 3 aromatic rings. The van der Waals surface area contributed by atoms with Crippen LogP contribution in [0.25, 0.3) is 16.4 Å². The first kappa shape index (κ1) is 17.1. The van der Waals surface area contributed by atoms with Crippen molar-refractivity contribution in [2.45, 2.75) is 6.92 Å². The summed E-state index contributed by atoms with van der Waals surface area (Å²) in [5.41, 5.74) is 2.61. The fourth-order valence-corrected chi connectivity index (χ4v) is 3.10. The quantitative estimate of drug-likeness (QED) is 0.733. The molecule has 0 aliphatic carbocycles. The number of nitrogens with zero attached hydrogens (tertiary/aromatic N) is 3. The van der Waals surface area contributed by atoms with Crippen molar-refractivity contribution < 1.29 is 14.3 Å². The van der Waals surface area contributed by atoms with Crippen LogP contribution in [0, 0.1) is 6.92 Å². The van der Waals surface area contributed by atoms with Gasteiger partial charge in [-0.15, -0.1) is 11.3 Å². The summed E-state index contributed by atoms with van der Waals surface area (Å²) in [5.74, 6) is 1.12. The van der Waals surface area contributed by atoms with Crippen molar-refractivity contribution >= 4 is 23.1 Å². The number of benzene rings is 1. The largest absolute Gasteiger partial charge is 0.497 e. The summed E-state index contributed by atoms with van der Waals surface area (Å²) in [6.07, 6.45) is 0.